The van der Waals surface area contributed by atoms with Gasteiger partial charge < -0.3 is 24.8 Å². The van der Waals surface area contributed by atoms with E-state index in [4.69, 9.17) is 4.42 Å². The third-order valence-corrected chi connectivity index (χ3v) is 8.44. The van der Waals surface area contributed by atoms with Gasteiger partial charge in [0, 0.05) is 10.8 Å². The molecule has 0 saturated heterocycles. The van der Waals surface area contributed by atoms with Crippen molar-refractivity contribution < 1.29 is 24.8 Å². The van der Waals surface area contributed by atoms with Gasteiger partial charge in [-0.1, -0.05) is 88.4 Å². The first-order valence-corrected chi connectivity index (χ1v) is 14.8. The van der Waals surface area contributed by atoms with Gasteiger partial charge in [0.2, 0.25) is 0 Å². The highest BCUT2D eigenvalue weighted by atomic mass is 79.9. The number of phenols is 4. The predicted octanol–water partition coefficient (Wildman–Crippen LogP) is 10.6. The number of hydrogen-bond donors (Lipinski definition) is 4. The molecule has 7 rings (SSSR count). The van der Waals surface area contributed by atoms with Gasteiger partial charge in [-0.2, -0.15) is 0 Å². The molecule has 214 valence electrons. The van der Waals surface area contributed by atoms with Gasteiger partial charge in [0.15, 0.2) is 23.0 Å². The summed E-state index contributed by atoms with van der Waals surface area (Å²) >= 11 is 2.96. The van der Waals surface area contributed by atoms with Crippen molar-refractivity contribution in [3.63, 3.8) is 0 Å². The van der Waals surface area contributed by atoms with E-state index in [1.54, 1.807) is 12.1 Å². The summed E-state index contributed by atoms with van der Waals surface area (Å²) in [5.41, 5.74) is 1.96. The van der Waals surface area contributed by atoms with Gasteiger partial charge in [0.25, 0.3) is 0 Å². The van der Waals surface area contributed by atoms with Gasteiger partial charge in [-0.3, -0.25) is 0 Å². The number of rotatable bonds is 1. The van der Waals surface area contributed by atoms with E-state index in [9.17, 15) is 20.4 Å². The van der Waals surface area contributed by atoms with Crippen LogP contribution in [0.1, 0.15) is 27.7 Å². The summed E-state index contributed by atoms with van der Waals surface area (Å²) in [6.45, 7) is 8.48. The van der Waals surface area contributed by atoms with Crippen LogP contribution in [0.25, 0.3) is 54.6 Å². The number of hydrogen-bond acceptors (Lipinski definition) is 5. The topological polar surface area (TPSA) is 94.1 Å². The van der Waals surface area contributed by atoms with Gasteiger partial charge in [0.05, 0.1) is 5.56 Å². The number of allylic oxidation sites excluding steroid dienone is 4. The quantitative estimate of drug-likeness (QED) is 0.108. The maximum absolute atomic E-state index is 10.4. The molecule has 2 unspecified atom stereocenters. The Bertz CT molecular complexity index is 1960. The van der Waals surface area contributed by atoms with Crippen LogP contribution in [0.5, 0.6) is 23.0 Å². The maximum atomic E-state index is 10.4. The average Bonchev–Trinajstić information content (AvgIpc) is 3.35. The van der Waals surface area contributed by atoms with Crippen LogP contribution in [-0.4, -0.2) is 20.4 Å². The van der Waals surface area contributed by atoms with Crippen molar-refractivity contribution in [2.75, 3.05) is 0 Å². The molecule has 5 nitrogen and oxygen atoms in total. The molecule has 6 heteroatoms. The standard InChI is InChI=1S/C26H15BrO5.C8H12.C2H6/c27-22-25(30)23(28)21(24(29)26(22)31)15-6-5-14-11-20-18(9-16(14)7-15)17-8-12-3-1-2-4-13(12)10-19(17)32-20;1-7-5-3-4-6-8(7)2;1-2/h1-11,28-31H;3-8H,1-2H3;1-2H3. The molecule has 42 heavy (non-hydrogen) atoms. The highest BCUT2D eigenvalue weighted by molar-refractivity contribution is 9.10. The van der Waals surface area contributed by atoms with Crippen LogP contribution in [0.3, 0.4) is 0 Å². The smallest absolute Gasteiger partial charge is 0.176 e. The molecule has 0 fully saturated rings. The monoisotopic (exact) mass is 624 g/mol. The summed E-state index contributed by atoms with van der Waals surface area (Å²) in [5, 5.41) is 47.0. The maximum Gasteiger partial charge on any atom is 0.176 e. The second-order valence-corrected chi connectivity index (χ2v) is 11.1. The number of phenolic OH excluding ortho intramolecular Hbond substituents is 4. The van der Waals surface area contributed by atoms with Gasteiger partial charge in [-0.15, -0.1) is 0 Å². The van der Waals surface area contributed by atoms with E-state index in [0.717, 1.165) is 55.3 Å². The minimum atomic E-state index is -0.543. The van der Waals surface area contributed by atoms with Crippen molar-refractivity contribution >= 4 is 59.4 Å². The molecule has 1 aliphatic rings. The van der Waals surface area contributed by atoms with E-state index in [0.29, 0.717) is 5.56 Å². The molecule has 2 atom stereocenters. The Kier molecular flexibility index (Phi) is 8.19. The van der Waals surface area contributed by atoms with Crippen molar-refractivity contribution in [3.05, 3.63) is 95.5 Å². The van der Waals surface area contributed by atoms with Crippen LogP contribution in [0.15, 0.2) is 99.9 Å². The van der Waals surface area contributed by atoms with Crippen LogP contribution < -0.4 is 0 Å². The second kappa shape index (κ2) is 11.8. The van der Waals surface area contributed by atoms with E-state index in [2.05, 4.69) is 66.2 Å². The molecule has 0 spiro atoms. The van der Waals surface area contributed by atoms with Gasteiger partial charge in [-0.05, 0) is 85.2 Å². The highest BCUT2D eigenvalue weighted by Crippen LogP contribution is 2.53. The molecule has 0 aliphatic heterocycles. The van der Waals surface area contributed by atoms with Crippen LogP contribution >= 0.6 is 15.9 Å². The van der Waals surface area contributed by atoms with E-state index in [-0.39, 0.29) is 10.0 Å². The molecule has 1 heterocycles. The zero-order valence-corrected chi connectivity index (χ0v) is 25.5. The van der Waals surface area contributed by atoms with Crippen LogP contribution in [-0.2, 0) is 0 Å². The Labute approximate surface area is 252 Å². The van der Waals surface area contributed by atoms with Crippen LogP contribution in [0.4, 0.5) is 0 Å². The fourth-order valence-corrected chi connectivity index (χ4v) is 5.51. The highest BCUT2D eigenvalue weighted by Gasteiger charge is 2.23. The Morgan fingerprint density at radius 2 is 1.07 bits per heavy atom. The third-order valence-electron chi connectivity index (χ3n) is 7.69. The molecule has 0 amide bonds. The fourth-order valence-electron chi connectivity index (χ4n) is 5.13. The van der Waals surface area contributed by atoms with Crippen molar-refractivity contribution in [1.82, 2.24) is 0 Å². The summed E-state index contributed by atoms with van der Waals surface area (Å²) in [4.78, 5) is 0. The summed E-state index contributed by atoms with van der Waals surface area (Å²) in [6, 6.07) is 21.5. The molecule has 0 bridgehead atoms. The van der Waals surface area contributed by atoms with Crippen molar-refractivity contribution in [1.29, 1.82) is 0 Å². The first kappa shape index (κ1) is 29.1. The molecule has 1 aromatic heterocycles. The third kappa shape index (κ3) is 5.19. The summed E-state index contributed by atoms with van der Waals surface area (Å²) < 4.78 is 5.94. The lowest BCUT2D eigenvalue weighted by Crippen LogP contribution is -2.03. The number of fused-ring (bicyclic) bond motifs is 5. The summed E-state index contributed by atoms with van der Waals surface area (Å²) in [7, 11) is 0. The Morgan fingerprint density at radius 3 is 1.60 bits per heavy atom. The fraction of sp³-hybridized carbons (Fsp3) is 0.167. The van der Waals surface area contributed by atoms with Crippen LogP contribution in [0, 0.1) is 11.8 Å². The number of halogens is 1. The molecule has 0 saturated carbocycles. The van der Waals surface area contributed by atoms with Crippen LogP contribution in [0.2, 0.25) is 0 Å². The lowest BCUT2D eigenvalue weighted by atomic mass is 9.92. The molecule has 6 aromatic rings. The molecule has 4 N–H and O–H groups in total. The average molecular weight is 626 g/mol. The SMILES string of the molecule is CC.CC1C=CC=CC1C.Oc1c(O)c(-c2ccc3cc4oc5cc6ccccc6cc5c4cc3c2)c(O)c(O)c1Br. The zero-order valence-electron chi connectivity index (χ0n) is 23.9. The minimum absolute atomic E-state index is 0.0479. The van der Waals surface area contributed by atoms with Crippen molar-refractivity contribution in [2.45, 2.75) is 27.7 Å². The van der Waals surface area contributed by atoms with Gasteiger partial charge in [-0.25, -0.2) is 0 Å². The minimum Gasteiger partial charge on any atom is -0.504 e. The number of furan rings is 1. The second-order valence-electron chi connectivity index (χ2n) is 10.3. The normalized spacial score (nSPS) is 15.9. The first-order valence-electron chi connectivity index (χ1n) is 14.0. The number of benzene rings is 5. The van der Waals surface area contributed by atoms with Gasteiger partial charge >= 0.3 is 0 Å². The van der Waals surface area contributed by atoms with Crippen molar-refractivity contribution in [3.8, 4) is 34.1 Å². The Morgan fingerprint density at radius 1 is 0.595 bits per heavy atom. The molecule has 0 radical (unpaired) electrons. The first-order chi connectivity index (χ1) is 20.2. The Hall–Kier alpha value is -4.42. The van der Waals surface area contributed by atoms with E-state index >= 15 is 0 Å². The molecular weight excluding hydrogens is 592 g/mol. The molecule has 1 aliphatic carbocycles. The summed E-state index contributed by atoms with van der Waals surface area (Å²) in [6.07, 6.45) is 8.71. The summed E-state index contributed by atoms with van der Waals surface area (Å²) in [5.74, 6) is -0.655. The lowest BCUT2D eigenvalue weighted by Gasteiger charge is -2.13. The number of aromatic hydroxyl groups is 4. The van der Waals surface area contributed by atoms with Gasteiger partial charge in [0.1, 0.15) is 15.6 Å². The molecule has 5 aromatic carbocycles. The van der Waals surface area contributed by atoms with E-state index in [1.807, 2.05) is 56.3 Å². The van der Waals surface area contributed by atoms with E-state index in [1.165, 1.54) is 0 Å². The van der Waals surface area contributed by atoms with Crippen molar-refractivity contribution in [2.24, 2.45) is 11.8 Å². The predicted molar refractivity (Wildman–Crippen MR) is 176 cm³/mol. The lowest BCUT2D eigenvalue weighted by molar-refractivity contribution is 0.371. The zero-order chi connectivity index (χ0) is 30.1. The largest absolute Gasteiger partial charge is 0.504 e. The van der Waals surface area contributed by atoms with E-state index < -0.39 is 23.0 Å². The molecular formula is C36H33BrO5. The Balaban J connectivity index is 0.000000304.